The Bertz CT molecular complexity index is 359. The van der Waals surface area contributed by atoms with Crippen molar-refractivity contribution < 1.29 is 9.90 Å². The summed E-state index contributed by atoms with van der Waals surface area (Å²) in [5, 5.41) is 13.3. The molecule has 0 aromatic carbocycles. The van der Waals surface area contributed by atoms with Gasteiger partial charge in [-0.2, -0.15) is 0 Å². The maximum atomic E-state index is 10.6. The summed E-state index contributed by atoms with van der Waals surface area (Å²) < 4.78 is 0. The van der Waals surface area contributed by atoms with Crippen molar-refractivity contribution in [2.24, 2.45) is 0 Å². The van der Waals surface area contributed by atoms with Crippen LogP contribution in [0.4, 0.5) is 0 Å². The molecule has 0 saturated heterocycles. The lowest BCUT2D eigenvalue weighted by molar-refractivity contribution is 0.0697. The number of carbonyl (C=O) groups is 1. The third-order valence-electron chi connectivity index (χ3n) is 1.36. The van der Waals surface area contributed by atoms with Crippen molar-refractivity contribution in [2.45, 2.75) is 0 Å². The predicted octanol–water partition coefficient (Wildman–Crippen LogP) is 1.02. The third kappa shape index (κ3) is 2.58. The molecule has 0 aliphatic carbocycles. The van der Waals surface area contributed by atoms with E-state index in [9.17, 15) is 4.79 Å². The summed E-state index contributed by atoms with van der Waals surface area (Å²) in [6, 6.07) is 1.57. The lowest BCUT2D eigenvalue weighted by atomic mass is 10.2. The first-order valence-corrected chi connectivity index (χ1v) is 4.58. The van der Waals surface area contributed by atoms with E-state index in [-0.39, 0.29) is 5.56 Å². The van der Waals surface area contributed by atoms with Crippen LogP contribution in [-0.4, -0.2) is 24.7 Å². The first kappa shape index (κ1) is 9.78. The number of carboxylic acids is 1. The second-order valence-corrected chi connectivity index (χ2v) is 3.22. The number of nitrogens with one attached hydrogen (secondary N) is 1. The number of rotatable bonds is 2. The maximum absolute atomic E-state index is 10.6. The average Bonchev–Trinajstić information content (AvgIpc) is 2.53. The Morgan fingerprint density at radius 3 is 3.15 bits per heavy atom. The number of thiophene rings is 1. The van der Waals surface area contributed by atoms with Crippen LogP contribution in [0.1, 0.15) is 15.2 Å². The van der Waals surface area contributed by atoms with Crippen LogP contribution < -0.4 is 5.32 Å². The highest BCUT2D eigenvalue weighted by Crippen LogP contribution is 2.14. The fourth-order valence-electron chi connectivity index (χ4n) is 0.787. The van der Waals surface area contributed by atoms with E-state index < -0.39 is 5.97 Å². The van der Waals surface area contributed by atoms with Gasteiger partial charge in [0.25, 0.3) is 0 Å². The zero-order chi connectivity index (χ0) is 9.68. The Balaban J connectivity index is 2.84. The van der Waals surface area contributed by atoms with Crippen molar-refractivity contribution in [3.05, 3.63) is 21.9 Å². The molecule has 0 bridgehead atoms. The van der Waals surface area contributed by atoms with Gasteiger partial charge in [-0.1, -0.05) is 11.8 Å². The SMILES string of the molecule is CNCC#Cc1sccc1C(=O)O. The predicted molar refractivity (Wildman–Crippen MR) is 52.1 cm³/mol. The van der Waals surface area contributed by atoms with Gasteiger partial charge in [0.1, 0.15) is 0 Å². The minimum Gasteiger partial charge on any atom is -0.478 e. The normalized spacial score (nSPS) is 9.00. The van der Waals surface area contributed by atoms with Crippen LogP contribution in [0.15, 0.2) is 11.4 Å². The number of aromatic carboxylic acids is 1. The molecular weight excluding hydrogens is 186 g/mol. The Morgan fingerprint density at radius 1 is 1.77 bits per heavy atom. The van der Waals surface area contributed by atoms with Gasteiger partial charge in [0.05, 0.1) is 17.0 Å². The van der Waals surface area contributed by atoms with Crippen LogP contribution in [0.5, 0.6) is 0 Å². The number of hydrogen-bond acceptors (Lipinski definition) is 3. The molecule has 0 fully saturated rings. The standard InChI is InChI=1S/C9H9NO2S/c1-10-5-2-3-8-7(9(11)12)4-6-13-8/h4,6,10H,5H2,1H3,(H,11,12). The Kier molecular flexibility index (Phi) is 3.50. The molecule has 1 heterocycles. The van der Waals surface area contributed by atoms with Crippen molar-refractivity contribution in [2.75, 3.05) is 13.6 Å². The van der Waals surface area contributed by atoms with Gasteiger partial charge in [-0.25, -0.2) is 4.79 Å². The van der Waals surface area contributed by atoms with Gasteiger partial charge in [0.15, 0.2) is 0 Å². The zero-order valence-electron chi connectivity index (χ0n) is 7.13. The molecule has 0 radical (unpaired) electrons. The largest absolute Gasteiger partial charge is 0.478 e. The van der Waals surface area contributed by atoms with E-state index in [2.05, 4.69) is 17.2 Å². The fraction of sp³-hybridized carbons (Fsp3) is 0.222. The van der Waals surface area contributed by atoms with Crippen LogP contribution in [0, 0.1) is 11.8 Å². The van der Waals surface area contributed by atoms with Crippen molar-refractivity contribution in [1.29, 1.82) is 0 Å². The summed E-state index contributed by atoms with van der Waals surface area (Å²) in [4.78, 5) is 11.3. The molecule has 2 N–H and O–H groups in total. The minimum absolute atomic E-state index is 0.286. The summed E-state index contributed by atoms with van der Waals surface area (Å²) in [6.45, 7) is 0.566. The summed E-state index contributed by atoms with van der Waals surface area (Å²) in [5.74, 6) is 4.70. The molecule has 0 atom stereocenters. The van der Waals surface area contributed by atoms with E-state index in [0.29, 0.717) is 11.4 Å². The highest BCUT2D eigenvalue weighted by molar-refractivity contribution is 7.10. The summed E-state index contributed by atoms with van der Waals surface area (Å²) >= 11 is 1.35. The van der Waals surface area contributed by atoms with Crippen molar-refractivity contribution >= 4 is 17.3 Å². The van der Waals surface area contributed by atoms with E-state index in [0.717, 1.165) is 0 Å². The molecule has 0 aliphatic heterocycles. The molecule has 3 nitrogen and oxygen atoms in total. The zero-order valence-corrected chi connectivity index (χ0v) is 7.94. The van der Waals surface area contributed by atoms with Crippen LogP contribution in [0.25, 0.3) is 0 Å². The molecule has 1 rings (SSSR count). The van der Waals surface area contributed by atoms with Crippen molar-refractivity contribution in [3.63, 3.8) is 0 Å². The smallest absolute Gasteiger partial charge is 0.337 e. The summed E-state index contributed by atoms with van der Waals surface area (Å²) in [7, 11) is 1.79. The van der Waals surface area contributed by atoms with Gasteiger partial charge >= 0.3 is 5.97 Å². The lowest BCUT2D eigenvalue weighted by Crippen LogP contribution is -2.04. The van der Waals surface area contributed by atoms with Gasteiger partial charge in [-0.05, 0) is 18.5 Å². The van der Waals surface area contributed by atoms with E-state index in [1.165, 1.54) is 11.3 Å². The summed E-state index contributed by atoms with van der Waals surface area (Å²) in [5.41, 5.74) is 0.286. The quantitative estimate of drug-likeness (QED) is 0.693. The second kappa shape index (κ2) is 4.65. The fourth-order valence-corrected chi connectivity index (χ4v) is 1.54. The van der Waals surface area contributed by atoms with Gasteiger partial charge in [0.2, 0.25) is 0 Å². The van der Waals surface area contributed by atoms with Crippen LogP contribution in [-0.2, 0) is 0 Å². The van der Waals surface area contributed by atoms with Gasteiger partial charge in [-0.15, -0.1) is 11.3 Å². The second-order valence-electron chi connectivity index (χ2n) is 2.30. The molecule has 0 unspecified atom stereocenters. The van der Waals surface area contributed by atoms with E-state index in [4.69, 9.17) is 5.11 Å². The monoisotopic (exact) mass is 195 g/mol. The topological polar surface area (TPSA) is 49.3 Å². The lowest BCUT2D eigenvalue weighted by Gasteiger charge is -1.88. The molecule has 1 aromatic rings. The molecule has 0 spiro atoms. The van der Waals surface area contributed by atoms with E-state index in [1.54, 1.807) is 18.5 Å². The van der Waals surface area contributed by atoms with Crippen molar-refractivity contribution in [1.82, 2.24) is 5.32 Å². The molecule has 0 amide bonds. The average molecular weight is 195 g/mol. The first-order valence-electron chi connectivity index (χ1n) is 3.70. The molecule has 0 aliphatic rings. The van der Waals surface area contributed by atoms with Gasteiger partial charge < -0.3 is 10.4 Å². The van der Waals surface area contributed by atoms with Crippen molar-refractivity contribution in [3.8, 4) is 11.8 Å². The first-order chi connectivity index (χ1) is 6.25. The molecule has 1 aromatic heterocycles. The molecular formula is C9H9NO2S. The highest BCUT2D eigenvalue weighted by atomic mass is 32.1. The summed E-state index contributed by atoms with van der Waals surface area (Å²) in [6.07, 6.45) is 0. The van der Waals surface area contributed by atoms with E-state index >= 15 is 0 Å². The molecule has 13 heavy (non-hydrogen) atoms. The van der Waals surface area contributed by atoms with Crippen LogP contribution in [0.3, 0.4) is 0 Å². The van der Waals surface area contributed by atoms with Gasteiger partial charge in [-0.3, -0.25) is 0 Å². The Labute approximate surface area is 80.4 Å². The van der Waals surface area contributed by atoms with E-state index in [1.807, 2.05) is 0 Å². The third-order valence-corrected chi connectivity index (χ3v) is 2.19. The van der Waals surface area contributed by atoms with Crippen LogP contribution >= 0.6 is 11.3 Å². The molecule has 4 heteroatoms. The minimum atomic E-state index is -0.921. The Morgan fingerprint density at radius 2 is 2.54 bits per heavy atom. The van der Waals surface area contributed by atoms with Crippen LogP contribution in [0.2, 0.25) is 0 Å². The molecule has 68 valence electrons. The maximum Gasteiger partial charge on any atom is 0.337 e. The number of hydrogen-bond donors (Lipinski definition) is 2. The van der Waals surface area contributed by atoms with Gasteiger partial charge in [0, 0.05) is 0 Å². The molecule has 0 saturated carbocycles. The Hall–Kier alpha value is -1.31. The number of carboxylic acid groups (broad SMARTS) is 1. The highest BCUT2D eigenvalue weighted by Gasteiger charge is 2.08.